The third-order valence-electron chi connectivity index (χ3n) is 6.59. The maximum absolute atomic E-state index is 14.6. The first-order valence-corrected chi connectivity index (χ1v) is 13.4. The molecule has 0 aliphatic carbocycles. The number of nitrogens with one attached hydrogen (secondary N) is 1. The molecule has 0 heterocycles. The van der Waals surface area contributed by atoms with Crippen molar-refractivity contribution in [2.75, 3.05) is 26.7 Å². The molecule has 3 aromatic carbocycles. The van der Waals surface area contributed by atoms with Gasteiger partial charge in [0.15, 0.2) is 5.96 Å². The highest BCUT2D eigenvalue weighted by Gasteiger charge is 2.35. The van der Waals surface area contributed by atoms with Crippen molar-refractivity contribution in [2.45, 2.75) is 31.2 Å². The summed E-state index contributed by atoms with van der Waals surface area (Å²) in [6.45, 7) is -0.110. The first-order chi connectivity index (χ1) is 19.8. The van der Waals surface area contributed by atoms with Gasteiger partial charge in [-0.2, -0.15) is 0 Å². The topological polar surface area (TPSA) is 160 Å². The lowest BCUT2D eigenvalue weighted by molar-refractivity contribution is -0.143. The number of benzene rings is 3. The van der Waals surface area contributed by atoms with E-state index in [1.807, 2.05) is 84.9 Å². The van der Waals surface area contributed by atoms with Crippen molar-refractivity contribution in [3.8, 4) is 5.75 Å². The molecule has 0 saturated carbocycles. The summed E-state index contributed by atoms with van der Waals surface area (Å²) in [4.78, 5) is 44.8. The Balaban J connectivity index is 2.04. The Morgan fingerprint density at radius 2 is 1.59 bits per heavy atom. The molecule has 3 aromatic rings. The van der Waals surface area contributed by atoms with E-state index in [0.29, 0.717) is 18.6 Å². The van der Waals surface area contributed by atoms with Crippen LogP contribution in [0.5, 0.6) is 5.75 Å². The molecule has 0 aliphatic heterocycles. The lowest BCUT2D eigenvalue weighted by Gasteiger charge is -2.34. The van der Waals surface area contributed by atoms with Crippen LogP contribution in [0.2, 0.25) is 0 Å². The Morgan fingerprint density at radius 3 is 2.15 bits per heavy atom. The van der Waals surface area contributed by atoms with Crippen LogP contribution >= 0.6 is 0 Å². The van der Waals surface area contributed by atoms with Crippen LogP contribution in [0.25, 0.3) is 0 Å². The van der Waals surface area contributed by atoms with E-state index < -0.39 is 30.4 Å². The number of aliphatic imine (C=N–C) groups is 1. The van der Waals surface area contributed by atoms with Crippen molar-refractivity contribution < 1.29 is 24.2 Å². The number of aliphatic carboxylic acids is 1. The minimum absolute atomic E-state index is 0.0731. The number of nitrogens with two attached hydrogens (primary N) is 2. The molecular weight excluding hydrogens is 522 g/mol. The van der Waals surface area contributed by atoms with Gasteiger partial charge in [-0.1, -0.05) is 72.8 Å². The Bertz CT molecular complexity index is 1270. The van der Waals surface area contributed by atoms with Gasteiger partial charge in [-0.3, -0.25) is 19.4 Å². The number of ether oxygens (including phenoxy) is 1. The molecule has 216 valence electrons. The molecule has 3 rings (SSSR count). The minimum atomic E-state index is -1.18. The van der Waals surface area contributed by atoms with E-state index in [0.717, 1.165) is 16.7 Å². The normalized spacial score (nSPS) is 11.4. The van der Waals surface area contributed by atoms with Gasteiger partial charge in [0.2, 0.25) is 11.8 Å². The van der Waals surface area contributed by atoms with E-state index in [2.05, 4.69) is 10.3 Å². The number of rotatable bonds is 15. The molecule has 0 aromatic heterocycles. The van der Waals surface area contributed by atoms with Crippen LogP contribution in [0, 0.1) is 0 Å². The summed E-state index contributed by atoms with van der Waals surface area (Å²) in [7, 11) is 1.58. The Kier molecular flexibility index (Phi) is 11.7. The lowest BCUT2D eigenvalue weighted by Crippen LogP contribution is -2.52. The van der Waals surface area contributed by atoms with Gasteiger partial charge in [-0.25, -0.2) is 0 Å². The fourth-order valence-corrected chi connectivity index (χ4v) is 4.63. The standard InChI is InChI=1S/C31H37N5O5/c1-41-25-15-8-10-22(20-25)17-19-36(26(16-9-18-34-31(32)33)29(39)35-21-27(37)38)30(40)28(23-11-4-2-5-12-23)24-13-6-3-7-14-24/h2-8,10-15,20,26,28H,9,16-19,21H2,1H3,(H,35,39)(H,37,38)(H4,32,33,34)/t26-/m0/s1. The number of carbonyl (C=O) groups is 3. The fourth-order valence-electron chi connectivity index (χ4n) is 4.63. The quantitative estimate of drug-likeness (QED) is 0.126. The molecule has 10 nitrogen and oxygen atoms in total. The maximum atomic E-state index is 14.6. The summed E-state index contributed by atoms with van der Waals surface area (Å²) in [5.74, 6) is -2.09. The van der Waals surface area contributed by atoms with Gasteiger partial charge in [-0.05, 0) is 48.1 Å². The van der Waals surface area contributed by atoms with E-state index in [9.17, 15) is 19.5 Å². The van der Waals surface area contributed by atoms with Crippen LogP contribution in [0.3, 0.4) is 0 Å². The predicted molar refractivity (Wildman–Crippen MR) is 157 cm³/mol. The Hall–Kier alpha value is -4.86. The molecule has 0 saturated heterocycles. The monoisotopic (exact) mass is 559 g/mol. The number of carbonyl (C=O) groups excluding carboxylic acids is 2. The summed E-state index contributed by atoms with van der Waals surface area (Å²) < 4.78 is 5.35. The van der Waals surface area contributed by atoms with Gasteiger partial charge < -0.3 is 31.5 Å². The molecule has 2 amide bonds. The Morgan fingerprint density at radius 1 is 0.951 bits per heavy atom. The molecule has 41 heavy (non-hydrogen) atoms. The molecule has 0 fully saturated rings. The number of amides is 2. The fraction of sp³-hybridized carbons (Fsp3) is 0.290. The predicted octanol–water partition coefficient (Wildman–Crippen LogP) is 2.52. The number of carboxylic acids is 1. The Labute approximate surface area is 240 Å². The van der Waals surface area contributed by atoms with Crippen LogP contribution in [-0.2, 0) is 20.8 Å². The number of nitrogens with zero attached hydrogens (tertiary/aromatic N) is 2. The summed E-state index contributed by atoms with van der Waals surface area (Å²) >= 11 is 0. The number of carboxylic acid groups (broad SMARTS) is 1. The maximum Gasteiger partial charge on any atom is 0.322 e. The van der Waals surface area contributed by atoms with Gasteiger partial charge in [0.05, 0.1) is 13.0 Å². The van der Waals surface area contributed by atoms with Crippen LogP contribution < -0.4 is 21.5 Å². The minimum Gasteiger partial charge on any atom is -0.497 e. The molecule has 0 bridgehead atoms. The zero-order valence-corrected chi connectivity index (χ0v) is 23.1. The van der Waals surface area contributed by atoms with Crippen molar-refractivity contribution in [3.05, 3.63) is 102 Å². The number of hydrogen-bond acceptors (Lipinski definition) is 5. The molecule has 0 aliphatic rings. The van der Waals surface area contributed by atoms with E-state index in [-0.39, 0.29) is 31.4 Å². The third-order valence-corrected chi connectivity index (χ3v) is 6.59. The molecule has 0 spiro atoms. The van der Waals surface area contributed by atoms with Gasteiger partial charge in [-0.15, -0.1) is 0 Å². The summed E-state index contributed by atoms with van der Waals surface area (Å²) in [5.41, 5.74) is 13.4. The van der Waals surface area contributed by atoms with E-state index in [1.165, 1.54) is 0 Å². The smallest absolute Gasteiger partial charge is 0.322 e. The van der Waals surface area contributed by atoms with E-state index in [1.54, 1.807) is 12.0 Å². The van der Waals surface area contributed by atoms with Gasteiger partial charge in [0, 0.05) is 13.1 Å². The molecule has 0 unspecified atom stereocenters. The highest BCUT2D eigenvalue weighted by Crippen LogP contribution is 2.29. The number of hydrogen-bond donors (Lipinski definition) is 4. The summed E-state index contributed by atoms with van der Waals surface area (Å²) in [6.07, 6.45) is 1.06. The number of methoxy groups -OCH3 is 1. The zero-order valence-electron chi connectivity index (χ0n) is 23.1. The lowest BCUT2D eigenvalue weighted by atomic mass is 9.89. The molecule has 10 heteroatoms. The van der Waals surface area contributed by atoms with Gasteiger partial charge in [0.25, 0.3) is 0 Å². The van der Waals surface area contributed by atoms with E-state index in [4.69, 9.17) is 16.2 Å². The van der Waals surface area contributed by atoms with Crippen molar-refractivity contribution in [2.24, 2.45) is 16.5 Å². The van der Waals surface area contributed by atoms with Gasteiger partial charge >= 0.3 is 5.97 Å². The van der Waals surface area contributed by atoms with Crippen LogP contribution in [-0.4, -0.2) is 66.5 Å². The average molecular weight is 560 g/mol. The molecular formula is C31H37N5O5. The first-order valence-electron chi connectivity index (χ1n) is 13.4. The molecule has 0 radical (unpaired) electrons. The van der Waals surface area contributed by atoms with Gasteiger partial charge in [0.1, 0.15) is 18.3 Å². The molecule has 1 atom stereocenters. The summed E-state index contributed by atoms with van der Waals surface area (Å²) in [6, 6.07) is 25.3. The van der Waals surface area contributed by atoms with Crippen molar-refractivity contribution in [1.82, 2.24) is 10.2 Å². The second-order valence-corrected chi connectivity index (χ2v) is 9.46. The summed E-state index contributed by atoms with van der Waals surface area (Å²) in [5, 5.41) is 11.7. The van der Waals surface area contributed by atoms with E-state index >= 15 is 0 Å². The largest absolute Gasteiger partial charge is 0.497 e. The first kappa shape index (κ1) is 30.7. The second-order valence-electron chi connectivity index (χ2n) is 9.46. The van der Waals surface area contributed by atoms with Crippen LogP contribution in [0.4, 0.5) is 0 Å². The zero-order chi connectivity index (χ0) is 29.6. The van der Waals surface area contributed by atoms with Crippen LogP contribution in [0.1, 0.15) is 35.4 Å². The average Bonchev–Trinajstić information content (AvgIpc) is 2.98. The third kappa shape index (κ3) is 9.38. The number of guanidine groups is 1. The molecule has 6 N–H and O–H groups in total. The van der Waals surface area contributed by atoms with Crippen molar-refractivity contribution in [3.63, 3.8) is 0 Å². The highest BCUT2D eigenvalue weighted by atomic mass is 16.5. The second kappa shape index (κ2) is 15.7. The SMILES string of the molecule is COc1cccc(CCN(C(=O)C(c2ccccc2)c2ccccc2)[C@@H](CCCN=C(N)N)C(=O)NCC(=O)O)c1. The van der Waals surface area contributed by atoms with Crippen molar-refractivity contribution >= 4 is 23.7 Å². The van der Waals surface area contributed by atoms with Crippen LogP contribution in [0.15, 0.2) is 89.9 Å². The highest BCUT2D eigenvalue weighted by molar-refractivity contribution is 5.93. The van der Waals surface area contributed by atoms with Crippen molar-refractivity contribution in [1.29, 1.82) is 0 Å².